The van der Waals surface area contributed by atoms with E-state index in [1.165, 1.54) is 0 Å². The number of tetrazole rings is 1. The maximum absolute atomic E-state index is 6.00. The van der Waals surface area contributed by atoms with Crippen LogP contribution in [0, 0.1) is 0 Å². The number of nitrogens with two attached hydrogens (primary N) is 2. The van der Waals surface area contributed by atoms with Gasteiger partial charge in [0.1, 0.15) is 0 Å². The van der Waals surface area contributed by atoms with Crippen molar-refractivity contribution < 1.29 is 4.74 Å². The van der Waals surface area contributed by atoms with Gasteiger partial charge in [-0.15, -0.1) is 5.10 Å². The van der Waals surface area contributed by atoms with E-state index in [0.717, 1.165) is 31.6 Å². The van der Waals surface area contributed by atoms with Gasteiger partial charge in [-0.05, 0) is 41.5 Å². The van der Waals surface area contributed by atoms with E-state index >= 15 is 0 Å². The Bertz CT molecular complexity index is 575. The molecule has 1 aliphatic heterocycles. The molecule has 0 saturated carbocycles. The summed E-state index contributed by atoms with van der Waals surface area (Å²) in [5.41, 5.74) is 13.7. The number of aromatic nitrogens is 4. The first-order valence-corrected chi connectivity index (χ1v) is 6.26. The molecular formula is C12H16N6O. The Balaban J connectivity index is 1.99. The predicted molar refractivity (Wildman–Crippen MR) is 71.2 cm³/mol. The van der Waals surface area contributed by atoms with Gasteiger partial charge in [0.25, 0.3) is 0 Å². The van der Waals surface area contributed by atoms with Gasteiger partial charge in [0.05, 0.1) is 6.04 Å². The van der Waals surface area contributed by atoms with Gasteiger partial charge in [-0.1, -0.05) is 0 Å². The number of hydrogen-bond acceptors (Lipinski definition) is 6. The van der Waals surface area contributed by atoms with Crippen LogP contribution in [0.1, 0.15) is 18.9 Å². The largest absolute Gasteiger partial charge is 0.399 e. The maximum atomic E-state index is 6.00. The zero-order chi connectivity index (χ0) is 13.2. The zero-order valence-corrected chi connectivity index (χ0v) is 10.5. The summed E-state index contributed by atoms with van der Waals surface area (Å²) in [6, 6.07) is 5.63. The number of anilines is 2. The van der Waals surface area contributed by atoms with Gasteiger partial charge >= 0.3 is 0 Å². The van der Waals surface area contributed by atoms with Crippen molar-refractivity contribution in [3.63, 3.8) is 0 Å². The molecule has 0 radical (unpaired) electrons. The minimum absolute atomic E-state index is 0.260. The molecule has 2 heterocycles. The topological polar surface area (TPSA) is 105 Å². The van der Waals surface area contributed by atoms with E-state index < -0.39 is 0 Å². The molecule has 0 atom stereocenters. The van der Waals surface area contributed by atoms with E-state index in [-0.39, 0.29) is 6.04 Å². The van der Waals surface area contributed by atoms with Gasteiger partial charge in [-0.25, -0.2) is 4.68 Å². The Morgan fingerprint density at radius 3 is 2.74 bits per heavy atom. The summed E-state index contributed by atoms with van der Waals surface area (Å²) in [4.78, 5) is 0. The molecule has 1 aromatic heterocycles. The fourth-order valence-electron chi connectivity index (χ4n) is 2.33. The van der Waals surface area contributed by atoms with Gasteiger partial charge < -0.3 is 16.2 Å². The second kappa shape index (κ2) is 4.85. The van der Waals surface area contributed by atoms with Crippen molar-refractivity contribution in [1.82, 2.24) is 20.2 Å². The Kier molecular flexibility index (Phi) is 3.04. The van der Waals surface area contributed by atoms with Crippen molar-refractivity contribution in [3.05, 3.63) is 18.2 Å². The Labute approximate surface area is 110 Å². The smallest absolute Gasteiger partial charge is 0.184 e. The first kappa shape index (κ1) is 11.9. The maximum Gasteiger partial charge on any atom is 0.184 e. The first-order valence-electron chi connectivity index (χ1n) is 6.26. The minimum atomic E-state index is 0.260. The Morgan fingerprint density at radius 2 is 2.00 bits per heavy atom. The molecule has 7 nitrogen and oxygen atoms in total. The molecule has 1 saturated heterocycles. The van der Waals surface area contributed by atoms with Crippen LogP contribution in [0.2, 0.25) is 0 Å². The van der Waals surface area contributed by atoms with E-state index in [1.54, 1.807) is 12.1 Å². The van der Waals surface area contributed by atoms with E-state index in [4.69, 9.17) is 16.2 Å². The molecule has 1 aromatic carbocycles. The van der Waals surface area contributed by atoms with Gasteiger partial charge in [-0.2, -0.15) is 0 Å². The number of hydrogen-bond donors (Lipinski definition) is 2. The summed E-state index contributed by atoms with van der Waals surface area (Å²) in [6.45, 7) is 1.47. The molecule has 0 amide bonds. The van der Waals surface area contributed by atoms with Crippen molar-refractivity contribution in [2.75, 3.05) is 24.7 Å². The third-order valence-corrected chi connectivity index (χ3v) is 3.35. The minimum Gasteiger partial charge on any atom is -0.399 e. The molecule has 3 rings (SSSR count). The number of nitrogen functional groups attached to an aromatic ring is 2. The third-order valence-electron chi connectivity index (χ3n) is 3.35. The zero-order valence-electron chi connectivity index (χ0n) is 10.5. The molecular weight excluding hydrogens is 244 g/mol. The second-order valence-corrected chi connectivity index (χ2v) is 4.64. The molecule has 0 spiro atoms. The van der Waals surface area contributed by atoms with Crippen molar-refractivity contribution in [1.29, 1.82) is 0 Å². The lowest BCUT2D eigenvalue weighted by Crippen LogP contribution is -2.21. The number of ether oxygens (including phenoxy) is 1. The van der Waals surface area contributed by atoms with Crippen LogP contribution >= 0.6 is 0 Å². The highest BCUT2D eigenvalue weighted by Gasteiger charge is 2.22. The fourth-order valence-corrected chi connectivity index (χ4v) is 2.33. The van der Waals surface area contributed by atoms with Gasteiger partial charge in [0.2, 0.25) is 0 Å². The lowest BCUT2D eigenvalue weighted by molar-refractivity contribution is 0.0662. The van der Waals surface area contributed by atoms with Crippen LogP contribution in [0.3, 0.4) is 0 Å². The summed E-state index contributed by atoms with van der Waals surface area (Å²) in [5, 5.41) is 12.0. The summed E-state index contributed by atoms with van der Waals surface area (Å²) in [7, 11) is 0. The van der Waals surface area contributed by atoms with E-state index in [9.17, 15) is 0 Å². The SMILES string of the molecule is Nc1ccc(-c2nnnn2C2CCOCC2)c(N)c1. The van der Waals surface area contributed by atoms with Gasteiger partial charge in [0, 0.05) is 30.2 Å². The lowest BCUT2D eigenvalue weighted by Gasteiger charge is -2.22. The number of nitrogens with zero attached hydrogens (tertiary/aromatic N) is 4. The van der Waals surface area contributed by atoms with Crippen LogP contribution in [-0.2, 0) is 4.74 Å². The fraction of sp³-hybridized carbons (Fsp3) is 0.417. The summed E-state index contributed by atoms with van der Waals surface area (Å²) >= 11 is 0. The van der Waals surface area contributed by atoms with E-state index in [0.29, 0.717) is 17.2 Å². The van der Waals surface area contributed by atoms with Crippen molar-refractivity contribution >= 4 is 11.4 Å². The van der Waals surface area contributed by atoms with Crippen molar-refractivity contribution in [3.8, 4) is 11.4 Å². The second-order valence-electron chi connectivity index (χ2n) is 4.64. The van der Waals surface area contributed by atoms with Crippen LogP contribution in [-0.4, -0.2) is 33.4 Å². The van der Waals surface area contributed by atoms with Crippen LogP contribution in [0.5, 0.6) is 0 Å². The summed E-state index contributed by atoms with van der Waals surface area (Å²) in [5.74, 6) is 0.685. The highest BCUT2D eigenvalue weighted by molar-refractivity contribution is 5.74. The molecule has 4 N–H and O–H groups in total. The Morgan fingerprint density at radius 1 is 1.21 bits per heavy atom. The van der Waals surface area contributed by atoms with Gasteiger partial charge in [-0.3, -0.25) is 0 Å². The standard InChI is InChI=1S/C12H16N6O/c13-8-1-2-10(11(14)7-8)12-15-16-17-18(12)9-3-5-19-6-4-9/h1-2,7,9H,3-6,13-14H2. The molecule has 1 aliphatic rings. The number of rotatable bonds is 2. The molecule has 1 fully saturated rings. The molecule has 2 aromatic rings. The van der Waals surface area contributed by atoms with Crippen molar-refractivity contribution in [2.24, 2.45) is 0 Å². The van der Waals surface area contributed by atoms with Crippen LogP contribution in [0.15, 0.2) is 18.2 Å². The Hall–Kier alpha value is -2.15. The van der Waals surface area contributed by atoms with Crippen LogP contribution < -0.4 is 11.5 Å². The molecule has 19 heavy (non-hydrogen) atoms. The monoisotopic (exact) mass is 260 g/mol. The van der Waals surface area contributed by atoms with Crippen molar-refractivity contribution in [2.45, 2.75) is 18.9 Å². The average molecular weight is 260 g/mol. The first-order chi connectivity index (χ1) is 9.25. The normalized spacial score (nSPS) is 16.6. The molecule has 7 heteroatoms. The number of benzene rings is 1. The van der Waals surface area contributed by atoms with Gasteiger partial charge in [0.15, 0.2) is 5.82 Å². The highest BCUT2D eigenvalue weighted by atomic mass is 16.5. The molecule has 0 bridgehead atoms. The third kappa shape index (κ3) is 2.24. The highest BCUT2D eigenvalue weighted by Crippen LogP contribution is 2.29. The van der Waals surface area contributed by atoms with E-state index in [1.807, 2.05) is 10.7 Å². The molecule has 0 unspecified atom stereocenters. The molecule has 0 aliphatic carbocycles. The molecule has 100 valence electrons. The van der Waals surface area contributed by atoms with E-state index in [2.05, 4.69) is 15.5 Å². The quantitative estimate of drug-likeness (QED) is 0.776. The van der Waals surface area contributed by atoms with Crippen LogP contribution in [0.25, 0.3) is 11.4 Å². The van der Waals surface area contributed by atoms with Crippen LogP contribution in [0.4, 0.5) is 11.4 Å². The lowest BCUT2D eigenvalue weighted by atomic mass is 10.1. The summed E-state index contributed by atoms with van der Waals surface area (Å²) in [6.07, 6.45) is 1.82. The summed E-state index contributed by atoms with van der Waals surface area (Å²) < 4.78 is 7.20. The average Bonchev–Trinajstić information content (AvgIpc) is 2.89. The predicted octanol–water partition coefficient (Wildman–Crippen LogP) is 0.856.